The fourth-order valence-electron chi connectivity index (χ4n) is 2.93. The molecule has 0 fully saturated rings. The van der Waals surface area contributed by atoms with E-state index in [1.807, 2.05) is 46.3 Å². The maximum absolute atomic E-state index is 13.7. The molecule has 2 aromatic carbocycles. The summed E-state index contributed by atoms with van der Waals surface area (Å²) in [6.45, 7) is 0.154. The summed E-state index contributed by atoms with van der Waals surface area (Å²) in [6.07, 6.45) is 0.666. The Bertz CT molecular complexity index is 1110. The lowest BCUT2D eigenvalue weighted by molar-refractivity contribution is -0.118. The van der Waals surface area contributed by atoms with Gasteiger partial charge in [-0.3, -0.25) is 9.36 Å². The minimum atomic E-state index is -0.326. The molecule has 2 aromatic heterocycles. The number of nitrogens with zero attached hydrogens (tertiary/aromatic N) is 3. The fraction of sp³-hybridized carbons (Fsp3) is 0.136. The van der Waals surface area contributed by atoms with Gasteiger partial charge in [0.1, 0.15) is 11.6 Å². The van der Waals surface area contributed by atoms with Crippen molar-refractivity contribution in [3.63, 3.8) is 0 Å². The highest BCUT2D eigenvalue weighted by atomic mass is 32.2. The van der Waals surface area contributed by atoms with Crippen LogP contribution >= 0.6 is 23.1 Å². The molecule has 0 spiro atoms. The van der Waals surface area contributed by atoms with Gasteiger partial charge in [-0.1, -0.05) is 54.2 Å². The SMILES string of the molecule is O=C(CSc1nnc(Cc2cccs2)n1-c1ccccc1)NCc1ccccc1F. The minimum absolute atomic E-state index is 0.154. The van der Waals surface area contributed by atoms with Gasteiger partial charge in [-0.25, -0.2) is 4.39 Å². The van der Waals surface area contributed by atoms with Gasteiger partial charge in [0.2, 0.25) is 5.91 Å². The van der Waals surface area contributed by atoms with E-state index in [0.29, 0.717) is 17.1 Å². The number of benzene rings is 2. The molecule has 8 heteroatoms. The number of hydrogen-bond acceptors (Lipinski definition) is 5. The molecule has 1 N–H and O–H groups in total. The van der Waals surface area contributed by atoms with Crippen LogP contribution < -0.4 is 5.32 Å². The number of hydrogen-bond donors (Lipinski definition) is 1. The van der Waals surface area contributed by atoms with Crippen LogP contribution in [0.15, 0.2) is 77.3 Å². The highest BCUT2D eigenvalue weighted by Gasteiger charge is 2.16. The summed E-state index contributed by atoms with van der Waals surface area (Å²) in [5.41, 5.74) is 1.41. The molecule has 30 heavy (non-hydrogen) atoms. The average Bonchev–Trinajstić information content (AvgIpc) is 3.42. The van der Waals surface area contributed by atoms with Crippen LogP contribution in [-0.4, -0.2) is 26.4 Å². The largest absolute Gasteiger partial charge is 0.351 e. The van der Waals surface area contributed by atoms with Crippen molar-refractivity contribution in [3.05, 3.63) is 94.2 Å². The molecule has 0 aliphatic heterocycles. The number of carbonyl (C=O) groups excluding carboxylic acids is 1. The van der Waals surface area contributed by atoms with Crippen molar-refractivity contribution >= 4 is 29.0 Å². The van der Waals surface area contributed by atoms with E-state index < -0.39 is 0 Å². The van der Waals surface area contributed by atoms with E-state index >= 15 is 0 Å². The molecule has 0 aliphatic carbocycles. The lowest BCUT2D eigenvalue weighted by Crippen LogP contribution is -2.25. The molecule has 5 nitrogen and oxygen atoms in total. The molecule has 2 heterocycles. The zero-order chi connectivity index (χ0) is 20.8. The topological polar surface area (TPSA) is 59.8 Å². The molecule has 0 bridgehead atoms. The number of rotatable bonds is 8. The molecule has 4 aromatic rings. The molecule has 0 saturated heterocycles. The highest BCUT2D eigenvalue weighted by Crippen LogP contribution is 2.24. The number of thiophene rings is 1. The predicted octanol–water partition coefficient (Wildman–Crippen LogP) is 4.47. The third kappa shape index (κ3) is 4.95. The summed E-state index contributed by atoms with van der Waals surface area (Å²) in [5, 5.41) is 14.1. The van der Waals surface area contributed by atoms with Crippen molar-refractivity contribution in [2.75, 3.05) is 5.75 Å². The molecular formula is C22H19FN4OS2. The molecule has 152 valence electrons. The number of carbonyl (C=O) groups is 1. The predicted molar refractivity (Wildman–Crippen MR) is 117 cm³/mol. The fourth-order valence-corrected chi connectivity index (χ4v) is 4.43. The minimum Gasteiger partial charge on any atom is -0.351 e. The highest BCUT2D eigenvalue weighted by molar-refractivity contribution is 7.99. The second kappa shape index (κ2) is 9.69. The number of aromatic nitrogens is 3. The zero-order valence-corrected chi connectivity index (χ0v) is 17.6. The van der Waals surface area contributed by atoms with Crippen LogP contribution in [-0.2, 0) is 17.8 Å². The molecule has 1 amide bonds. The van der Waals surface area contributed by atoms with Crippen LogP contribution in [0.1, 0.15) is 16.3 Å². The van der Waals surface area contributed by atoms with E-state index in [1.54, 1.807) is 29.5 Å². The van der Waals surface area contributed by atoms with Gasteiger partial charge in [-0.05, 0) is 29.6 Å². The Kier molecular flexibility index (Phi) is 6.56. The van der Waals surface area contributed by atoms with E-state index in [4.69, 9.17) is 0 Å². The average molecular weight is 439 g/mol. The van der Waals surface area contributed by atoms with Gasteiger partial charge in [0, 0.05) is 29.1 Å². The first-order valence-corrected chi connectivity index (χ1v) is 11.2. The molecule has 0 unspecified atom stereocenters. The normalized spacial score (nSPS) is 10.8. The number of thioether (sulfide) groups is 1. The van der Waals surface area contributed by atoms with E-state index in [1.165, 1.54) is 22.7 Å². The monoisotopic (exact) mass is 438 g/mol. The first-order valence-electron chi connectivity index (χ1n) is 9.35. The van der Waals surface area contributed by atoms with Gasteiger partial charge >= 0.3 is 0 Å². The second-order valence-electron chi connectivity index (χ2n) is 6.48. The Balaban J connectivity index is 1.46. The van der Waals surface area contributed by atoms with Crippen molar-refractivity contribution in [1.29, 1.82) is 0 Å². The number of para-hydroxylation sites is 1. The summed E-state index contributed by atoms with van der Waals surface area (Å²) in [4.78, 5) is 13.5. The van der Waals surface area contributed by atoms with Crippen LogP contribution in [0.3, 0.4) is 0 Å². The van der Waals surface area contributed by atoms with Gasteiger partial charge in [-0.2, -0.15) is 0 Å². The maximum atomic E-state index is 13.7. The maximum Gasteiger partial charge on any atom is 0.230 e. The molecule has 0 saturated carbocycles. The first-order chi connectivity index (χ1) is 14.7. The molecule has 0 atom stereocenters. The van der Waals surface area contributed by atoms with Crippen LogP contribution in [0.2, 0.25) is 0 Å². The van der Waals surface area contributed by atoms with Crippen LogP contribution in [0.5, 0.6) is 0 Å². The second-order valence-corrected chi connectivity index (χ2v) is 8.46. The molecular weight excluding hydrogens is 419 g/mol. The van der Waals surface area contributed by atoms with Crippen molar-refractivity contribution < 1.29 is 9.18 Å². The van der Waals surface area contributed by atoms with Crippen LogP contribution in [0.4, 0.5) is 4.39 Å². The first kappa shape index (κ1) is 20.3. The third-order valence-corrected chi connectivity index (χ3v) is 6.20. The van der Waals surface area contributed by atoms with Crippen molar-refractivity contribution in [3.8, 4) is 5.69 Å². The zero-order valence-electron chi connectivity index (χ0n) is 16.0. The van der Waals surface area contributed by atoms with Gasteiger partial charge in [0.25, 0.3) is 0 Å². The molecule has 0 aliphatic rings. The summed E-state index contributed by atoms with van der Waals surface area (Å²) in [5.74, 6) is 0.467. The van der Waals surface area contributed by atoms with E-state index in [9.17, 15) is 9.18 Å². The Labute approximate surface area is 182 Å². The number of amides is 1. The van der Waals surface area contributed by atoms with Gasteiger partial charge < -0.3 is 5.32 Å². The van der Waals surface area contributed by atoms with Gasteiger partial charge in [0.15, 0.2) is 5.16 Å². The van der Waals surface area contributed by atoms with Crippen LogP contribution in [0.25, 0.3) is 5.69 Å². The number of halogens is 1. The Morgan fingerprint density at radius 1 is 1.03 bits per heavy atom. The lowest BCUT2D eigenvalue weighted by Gasteiger charge is -2.10. The Hall–Kier alpha value is -2.97. The van der Waals surface area contributed by atoms with E-state index in [2.05, 4.69) is 21.6 Å². The quantitative estimate of drug-likeness (QED) is 0.413. The van der Waals surface area contributed by atoms with Crippen molar-refractivity contribution in [2.45, 2.75) is 18.1 Å². The smallest absolute Gasteiger partial charge is 0.230 e. The van der Waals surface area contributed by atoms with Crippen molar-refractivity contribution in [2.24, 2.45) is 0 Å². The molecule has 0 radical (unpaired) electrons. The Morgan fingerprint density at radius 3 is 2.60 bits per heavy atom. The standard InChI is InChI=1S/C22H19FN4OS2/c23-19-11-5-4-7-16(19)14-24-21(28)15-30-22-26-25-20(13-18-10-6-12-29-18)27(22)17-8-2-1-3-9-17/h1-12H,13-15H2,(H,24,28). The van der Waals surface area contributed by atoms with E-state index in [-0.39, 0.29) is 24.0 Å². The summed E-state index contributed by atoms with van der Waals surface area (Å²) in [6, 6.07) is 20.3. The third-order valence-electron chi connectivity index (χ3n) is 4.39. The van der Waals surface area contributed by atoms with E-state index in [0.717, 1.165) is 11.5 Å². The van der Waals surface area contributed by atoms with Gasteiger partial charge in [0.05, 0.1) is 5.75 Å². The van der Waals surface area contributed by atoms with Gasteiger partial charge in [-0.15, -0.1) is 21.5 Å². The van der Waals surface area contributed by atoms with Crippen molar-refractivity contribution in [1.82, 2.24) is 20.1 Å². The Morgan fingerprint density at radius 2 is 1.83 bits per heavy atom. The number of nitrogens with one attached hydrogen (secondary N) is 1. The summed E-state index contributed by atoms with van der Waals surface area (Å²) in [7, 11) is 0. The molecule has 4 rings (SSSR count). The summed E-state index contributed by atoms with van der Waals surface area (Å²) < 4.78 is 15.7. The summed E-state index contributed by atoms with van der Waals surface area (Å²) >= 11 is 2.98. The van der Waals surface area contributed by atoms with Crippen LogP contribution in [0, 0.1) is 5.82 Å². The lowest BCUT2D eigenvalue weighted by atomic mass is 10.2.